The molecule has 0 radical (unpaired) electrons. The number of carbonyl (C=O) groups is 1. The second-order valence-corrected chi connectivity index (χ2v) is 8.12. The molecule has 1 fully saturated rings. The summed E-state index contributed by atoms with van der Waals surface area (Å²) in [6, 6.07) is 15.7. The van der Waals surface area contributed by atoms with Gasteiger partial charge in [0.1, 0.15) is 11.5 Å². The Balaban J connectivity index is 1.74. The van der Waals surface area contributed by atoms with Crippen molar-refractivity contribution in [2.24, 2.45) is 4.99 Å². The summed E-state index contributed by atoms with van der Waals surface area (Å²) in [5, 5.41) is 17.9. The van der Waals surface area contributed by atoms with E-state index < -0.39 is 0 Å². The van der Waals surface area contributed by atoms with Gasteiger partial charge in [-0.15, -0.1) is 0 Å². The second-order valence-electron chi connectivity index (χ2n) is 8.12. The molecule has 1 aliphatic carbocycles. The molecule has 0 bridgehead atoms. The third-order valence-electron chi connectivity index (χ3n) is 6.31. The molecule has 8 nitrogen and oxygen atoms in total. The minimum absolute atomic E-state index is 0.177. The van der Waals surface area contributed by atoms with Crippen LogP contribution < -0.4 is 25.4 Å². The maximum atomic E-state index is 13.1. The summed E-state index contributed by atoms with van der Waals surface area (Å²) in [6.07, 6.45) is 5.46. The Kier molecular flexibility index (Phi) is 8.14. The zero-order chi connectivity index (χ0) is 23.7. The van der Waals surface area contributed by atoms with E-state index in [9.17, 15) is 4.79 Å². The number of methoxy groups -OCH3 is 2. The van der Waals surface area contributed by atoms with Crippen LogP contribution in [-0.4, -0.2) is 45.7 Å². The van der Waals surface area contributed by atoms with Crippen LogP contribution in [0.25, 0.3) is 0 Å². The number of nitrogens with zero attached hydrogens (tertiary/aromatic N) is 2. The summed E-state index contributed by atoms with van der Waals surface area (Å²) >= 11 is 0. The molecule has 174 valence electrons. The summed E-state index contributed by atoms with van der Waals surface area (Å²) in [6.45, 7) is 0.517. The molecule has 1 aliphatic rings. The molecule has 2 aromatic rings. The molecule has 1 saturated carbocycles. The van der Waals surface area contributed by atoms with Crippen LogP contribution in [0.5, 0.6) is 11.5 Å². The molecule has 2 aromatic carbocycles. The van der Waals surface area contributed by atoms with Gasteiger partial charge in [-0.25, -0.2) is 0 Å². The van der Waals surface area contributed by atoms with Gasteiger partial charge in [-0.05, 0) is 43.4 Å². The van der Waals surface area contributed by atoms with Crippen molar-refractivity contribution < 1.29 is 14.3 Å². The van der Waals surface area contributed by atoms with Crippen molar-refractivity contribution in [1.82, 2.24) is 16.0 Å². The highest BCUT2D eigenvalue weighted by atomic mass is 16.5. The lowest BCUT2D eigenvalue weighted by molar-refractivity contribution is 0.0932. The monoisotopic (exact) mass is 449 g/mol. The van der Waals surface area contributed by atoms with Crippen LogP contribution >= 0.6 is 0 Å². The van der Waals surface area contributed by atoms with Gasteiger partial charge < -0.3 is 20.1 Å². The lowest BCUT2D eigenvalue weighted by atomic mass is 9.68. The van der Waals surface area contributed by atoms with Crippen LogP contribution in [0.2, 0.25) is 0 Å². The van der Waals surface area contributed by atoms with E-state index in [0.717, 1.165) is 25.7 Å². The van der Waals surface area contributed by atoms with E-state index in [-0.39, 0.29) is 17.4 Å². The first-order valence-electron chi connectivity index (χ1n) is 11.0. The molecule has 0 spiro atoms. The van der Waals surface area contributed by atoms with Gasteiger partial charge in [0.05, 0.1) is 19.8 Å². The Morgan fingerprint density at radius 2 is 1.88 bits per heavy atom. The zero-order valence-corrected chi connectivity index (χ0v) is 19.4. The van der Waals surface area contributed by atoms with Crippen molar-refractivity contribution in [3.05, 3.63) is 59.7 Å². The third-order valence-corrected chi connectivity index (χ3v) is 6.31. The van der Waals surface area contributed by atoms with Gasteiger partial charge in [-0.3, -0.25) is 15.1 Å². The first kappa shape index (κ1) is 23.9. The molecule has 0 heterocycles. The molecule has 33 heavy (non-hydrogen) atoms. The molecule has 0 aromatic heterocycles. The third kappa shape index (κ3) is 5.75. The van der Waals surface area contributed by atoms with Gasteiger partial charge in [0.25, 0.3) is 5.91 Å². The Morgan fingerprint density at radius 3 is 2.48 bits per heavy atom. The number of hydrogen-bond donors (Lipinski definition) is 3. The number of benzene rings is 2. The Bertz CT molecular complexity index is 1010. The number of rotatable bonds is 7. The number of hydrogen-bond acceptors (Lipinski definition) is 5. The normalized spacial score (nSPS) is 20.3. The van der Waals surface area contributed by atoms with Crippen LogP contribution in [0.1, 0.15) is 41.6 Å². The molecule has 0 saturated heterocycles. The van der Waals surface area contributed by atoms with Gasteiger partial charge in [0, 0.05) is 31.1 Å². The lowest BCUT2D eigenvalue weighted by Crippen LogP contribution is -2.49. The van der Waals surface area contributed by atoms with E-state index in [0.29, 0.717) is 29.6 Å². The maximum absolute atomic E-state index is 13.1. The Morgan fingerprint density at radius 1 is 1.15 bits per heavy atom. The highest BCUT2D eigenvalue weighted by Crippen LogP contribution is 2.39. The lowest BCUT2D eigenvalue weighted by Gasteiger charge is -2.41. The highest BCUT2D eigenvalue weighted by Gasteiger charge is 2.37. The van der Waals surface area contributed by atoms with Gasteiger partial charge in [-0.2, -0.15) is 5.26 Å². The van der Waals surface area contributed by atoms with E-state index in [4.69, 9.17) is 14.7 Å². The molecule has 0 aliphatic heterocycles. The molecule has 8 heteroatoms. The number of aliphatic imine (C=N–C) groups is 1. The van der Waals surface area contributed by atoms with Crippen LogP contribution in [0.4, 0.5) is 0 Å². The quantitative estimate of drug-likeness (QED) is 0.260. The molecule has 0 atom stereocenters. The van der Waals surface area contributed by atoms with Crippen LogP contribution in [0.15, 0.2) is 53.5 Å². The second kappa shape index (κ2) is 11.2. The minimum atomic E-state index is -0.180. The summed E-state index contributed by atoms with van der Waals surface area (Å²) in [5.74, 6) is 1.42. The number of nitriles is 1. The van der Waals surface area contributed by atoms with E-state index in [1.165, 1.54) is 5.56 Å². The standard InChI is InChI=1S/C25H31N5O3/c1-27-24(29-17-26)30-19-11-13-25(14-12-19,18-7-5-4-6-8-18)16-28-23(31)21-10-9-20(32-2)15-22(21)33-3/h4-10,15,19H,11-14,16H2,1-3H3,(H,28,31)(H2,27,29,30). The van der Waals surface area contributed by atoms with Crippen molar-refractivity contribution >= 4 is 11.9 Å². The summed E-state index contributed by atoms with van der Waals surface area (Å²) in [4.78, 5) is 17.1. The van der Waals surface area contributed by atoms with Gasteiger partial charge in [0.15, 0.2) is 6.19 Å². The number of ether oxygens (including phenoxy) is 2. The van der Waals surface area contributed by atoms with E-state index in [2.05, 4.69) is 33.1 Å². The van der Waals surface area contributed by atoms with Crippen LogP contribution in [0.3, 0.4) is 0 Å². The van der Waals surface area contributed by atoms with Crippen molar-refractivity contribution in [3.8, 4) is 17.7 Å². The van der Waals surface area contributed by atoms with Crippen molar-refractivity contribution in [2.45, 2.75) is 37.1 Å². The van der Waals surface area contributed by atoms with E-state index in [1.807, 2.05) is 24.4 Å². The smallest absolute Gasteiger partial charge is 0.255 e. The average Bonchev–Trinajstić information content (AvgIpc) is 2.88. The first-order chi connectivity index (χ1) is 16.0. The largest absolute Gasteiger partial charge is 0.497 e. The molecule has 1 amide bonds. The summed E-state index contributed by atoms with van der Waals surface area (Å²) in [5.41, 5.74) is 1.51. The predicted molar refractivity (Wildman–Crippen MR) is 127 cm³/mol. The molecule has 3 rings (SSSR count). The SMILES string of the molecule is CN=C(NC#N)NC1CCC(CNC(=O)c2ccc(OC)cc2OC)(c2ccccc2)CC1. The molecular weight excluding hydrogens is 418 g/mol. The topological polar surface area (TPSA) is 108 Å². The number of carbonyl (C=O) groups excluding carboxylic acids is 1. The zero-order valence-electron chi connectivity index (χ0n) is 19.4. The first-order valence-corrected chi connectivity index (χ1v) is 11.0. The molecule has 0 unspecified atom stereocenters. The number of nitrogens with one attached hydrogen (secondary N) is 3. The number of guanidine groups is 1. The fraction of sp³-hybridized carbons (Fsp3) is 0.400. The summed E-state index contributed by atoms with van der Waals surface area (Å²) in [7, 11) is 4.77. The summed E-state index contributed by atoms with van der Waals surface area (Å²) < 4.78 is 10.6. The van der Waals surface area contributed by atoms with Crippen molar-refractivity contribution in [2.75, 3.05) is 27.8 Å². The van der Waals surface area contributed by atoms with Gasteiger partial charge in [0.2, 0.25) is 5.96 Å². The van der Waals surface area contributed by atoms with E-state index in [1.54, 1.807) is 39.5 Å². The van der Waals surface area contributed by atoms with Crippen molar-refractivity contribution in [1.29, 1.82) is 5.26 Å². The van der Waals surface area contributed by atoms with Crippen molar-refractivity contribution in [3.63, 3.8) is 0 Å². The fourth-order valence-corrected chi connectivity index (χ4v) is 4.41. The maximum Gasteiger partial charge on any atom is 0.255 e. The molecule has 3 N–H and O–H groups in total. The Hall–Kier alpha value is -3.73. The Labute approximate surface area is 195 Å². The van der Waals surface area contributed by atoms with Gasteiger partial charge in [-0.1, -0.05) is 30.3 Å². The number of amides is 1. The highest BCUT2D eigenvalue weighted by molar-refractivity contribution is 5.97. The predicted octanol–water partition coefficient (Wildman–Crippen LogP) is 2.96. The van der Waals surface area contributed by atoms with Crippen LogP contribution in [-0.2, 0) is 5.41 Å². The van der Waals surface area contributed by atoms with E-state index >= 15 is 0 Å². The van der Waals surface area contributed by atoms with Crippen LogP contribution in [0, 0.1) is 11.5 Å². The van der Waals surface area contributed by atoms with Gasteiger partial charge >= 0.3 is 0 Å². The molecular formula is C25H31N5O3. The average molecular weight is 450 g/mol. The fourth-order valence-electron chi connectivity index (χ4n) is 4.41. The minimum Gasteiger partial charge on any atom is -0.497 e.